The summed E-state index contributed by atoms with van der Waals surface area (Å²) in [6, 6.07) is 15.1. The molecule has 0 aliphatic carbocycles. The summed E-state index contributed by atoms with van der Waals surface area (Å²) in [5, 5.41) is 0. The minimum absolute atomic E-state index is 0.290. The molecule has 2 aromatic carbocycles. The molecule has 0 amide bonds. The van der Waals surface area contributed by atoms with Crippen LogP contribution >= 0.6 is 0 Å². The molecule has 0 fully saturated rings. The first-order valence-electron chi connectivity index (χ1n) is 8.68. The second kappa shape index (κ2) is 8.61. The van der Waals surface area contributed by atoms with Crippen LogP contribution in [0.15, 0.2) is 53.4 Å². The number of sulfonamides is 1. The van der Waals surface area contributed by atoms with Gasteiger partial charge in [-0.25, -0.2) is 13.1 Å². The predicted octanol–water partition coefficient (Wildman–Crippen LogP) is 3.74. The van der Waals surface area contributed by atoms with Crippen molar-refractivity contribution in [1.82, 2.24) is 9.62 Å². The maximum absolute atomic E-state index is 12.5. The summed E-state index contributed by atoms with van der Waals surface area (Å²) < 4.78 is 27.6. The van der Waals surface area contributed by atoms with Crippen molar-refractivity contribution in [3.63, 3.8) is 0 Å². The van der Waals surface area contributed by atoms with E-state index >= 15 is 0 Å². The van der Waals surface area contributed by atoms with Crippen LogP contribution in [0.1, 0.15) is 43.4 Å². The zero-order valence-electron chi connectivity index (χ0n) is 15.5. The van der Waals surface area contributed by atoms with Crippen molar-refractivity contribution in [1.29, 1.82) is 0 Å². The van der Waals surface area contributed by atoms with Gasteiger partial charge in [0.05, 0.1) is 4.90 Å². The van der Waals surface area contributed by atoms with E-state index in [2.05, 4.69) is 49.6 Å². The molecule has 0 atom stereocenters. The van der Waals surface area contributed by atoms with E-state index < -0.39 is 10.0 Å². The normalized spacial score (nSPS) is 12.1. The van der Waals surface area contributed by atoms with Gasteiger partial charge in [0.2, 0.25) is 10.0 Å². The Morgan fingerprint density at radius 1 is 1.04 bits per heavy atom. The fourth-order valence-corrected chi connectivity index (χ4v) is 3.57. The van der Waals surface area contributed by atoms with Crippen LogP contribution in [0, 0.1) is 0 Å². The summed E-state index contributed by atoms with van der Waals surface area (Å²) in [5.74, 6) is 0.383. The Hall–Kier alpha value is -1.69. The van der Waals surface area contributed by atoms with Crippen molar-refractivity contribution >= 4 is 10.0 Å². The van der Waals surface area contributed by atoms with Crippen molar-refractivity contribution in [2.45, 2.75) is 44.7 Å². The molecular weight excluding hydrogens is 332 g/mol. The van der Waals surface area contributed by atoms with E-state index in [0.29, 0.717) is 10.8 Å². The van der Waals surface area contributed by atoms with E-state index in [1.165, 1.54) is 5.56 Å². The highest BCUT2D eigenvalue weighted by atomic mass is 32.2. The lowest BCUT2D eigenvalue weighted by atomic mass is 10.0. The van der Waals surface area contributed by atoms with Gasteiger partial charge in [-0.3, -0.25) is 0 Å². The minimum atomic E-state index is -3.50. The lowest BCUT2D eigenvalue weighted by Gasteiger charge is -2.14. The first-order valence-corrected chi connectivity index (χ1v) is 10.2. The van der Waals surface area contributed by atoms with Crippen molar-refractivity contribution in [3.05, 3.63) is 65.2 Å². The van der Waals surface area contributed by atoms with Crippen LogP contribution in [0.2, 0.25) is 0 Å². The van der Waals surface area contributed by atoms with Crippen LogP contribution < -0.4 is 4.72 Å². The molecule has 136 valence electrons. The highest BCUT2D eigenvalue weighted by Crippen LogP contribution is 2.17. The topological polar surface area (TPSA) is 49.4 Å². The molecule has 0 aromatic heterocycles. The van der Waals surface area contributed by atoms with Gasteiger partial charge in [-0.05, 0) is 48.3 Å². The van der Waals surface area contributed by atoms with Crippen LogP contribution in [0.3, 0.4) is 0 Å². The summed E-state index contributed by atoms with van der Waals surface area (Å²) >= 11 is 0. The van der Waals surface area contributed by atoms with E-state index in [1.54, 1.807) is 12.1 Å². The van der Waals surface area contributed by atoms with Gasteiger partial charge in [-0.15, -0.1) is 0 Å². The number of nitrogens with zero attached hydrogens (tertiary/aromatic N) is 1. The average molecular weight is 361 g/mol. The molecule has 2 rings (SSSR count). The summed E-state index contributed by atoms with van der Waals surface area (Å²) in [6.07, 6.45) is 0. The Labute approximate surface area is 151 Å². The van der Waals surface area contributed by atoms with E-state index in [-0.39, 0.29) is 6.54 Å². The Kier molecular flexibility index (Phi) is 6.76. The van der Waals surface area contributed by atoms with Crippen LogP contribution in [-0.2, 0) is 23.1 Å². The molecule has 0 unspecified atom stereocenters. The van der Waals surface area contributed by atoms with Gasteiger partial charge in [0.1, 0.15) is 0 Å². The monoisotopic (exact) mass is 360 g/mol. The number of nitrogens with one attached hydrogen (secondary N) is 1. The maximum Gasteiger partial charge on any atom is 0.240 e. The molecular formula is C20H28N2O2S. The van der Waals surface area contributed by atoms with Gasteiger partial charge in [0.25, 0.3) is 0 Å². The second-order valence-electron chi connectivity index (χ2n) is 6.70. The smallest absolute Gasteiger partial charge is 0.240 e. The molecule has 2 aromatic rings. The molecule has 4 nitrogen and oxygen atoms in total. The highest BCUT2D eigenvalue weighted by Gasteiger charge is 2.14. The molecule has 0 saturated carbocycles. The van der Waals surface area contributed by atoms with Gasteiger partial charge in [-0.1, -0.05) is 57.2 Å². The van der Waals surface area contributed by atoms with Gasteiger partial charge in [0, 0.05) is 13.1 Å². The first-order chi connectivity index (χ1) is 11.8. The number of hydrogen-bond acceptors (Lipinski definition) is 3. The van der Waals surface area contributed by atoms with E-state index in [4.69, 9.17) is 0 Å². The Balaban J connectivity index is 2.05. The standard InChI is InChI=1S/C20H28N2O2S/c1-5-22(4)15-18-8-6-7-17(13-18)14-21-25(23,24)20-11-9-19(10-12-20)16(2)3/h6-13,16,21H,5,14-15H2,1-4H3. The van der Waals surface area contributed by atoms with Gasteiger partial charge in [-0.2, -0.15) is 0 Å². The number of benzene rings is 2. The Morgan fingerprint density at radius 2 is 1.68 bits per heavy atom. The largest absolute Gasteiger partial charge is 0.302 e. The lowest BCUT2D eigenvalue weighted by molar-refractivity contribution is 0.345. The van der Waals surface area contributed by atoms with E-state index in [0.717, 1.165) is 24.2 Å². The van der Waals surface area contributed by atoms with Crippen molar-refractivity contribution in [2.75, 3.05) is 13.6 Å². The maximum atomic E-state index is 12.5. The van der Waals surface area contributed by atoms with E-state index in [1.807, 2.05) is 24.3 Å². The van der Waals surface area contributed by atoms with Gasteiger partial charge < -0.3 is 4.90 Å². The fraction of sp³-hybridized carbons (Fsp3) is 0.400. The van der Waals surface area contributed by atoms with Gasteiger partial charge in [0.15, 0.2) is 0 Å². The van der Waals surface area contributed by atoms with Crippen LogP contribution in [-0.4, -0.2) is 26.9 Å². The molecule has 0 bridgehead atoms. The summed E-state index contributed by atoms with van der Waals surface area (Å²) in [5.41, 5.74) is 3.28. The molecule has 1 N–H and O–H groups in total. The Bertz CT molecular complexity index is 784. The van der Waals surface area contributed by atoms with Gasteiger partial charge >= 0.3 is 0 Å². The van der Waals surface area contributed by atoms with Crippen molar-refractivity contribution in [2.24, 2.45) is 0 Å². The SMILES string of the molecule is CCN(C)Cc1cccc(CNS(=O)(=O)c2ccc(C(C)C)cc2)c1. The zero-order chi connectivity index (χ0) is 18.4. The molecule has 0 aliphatic heterocycles. The molecule has 0 aliphatic rings. The van der Waals surface area contributed by atoms with Crippen LogP contribution in [0.5, 0.6) is 0 Å². The van der Waals surface area contributed by atoms with Crippen molar-refractivity contribution in [3.8, 4) is 0 Å². The van der Waals surface area contributed by atoms with Crippen molar-refractivity contribution < 1.29 is 8.42 Å². The fourth-order valence-electron chi connectivity index (χ4n) is 2.56. The molecule has 0 saturated heterocycles. The second-order valence-corrected chi connectivity index (χ2v) is 8.47. The average Bonchev–Trinajstić information content (AvgIpc) is 2.60. The summed E-state index contributed by atoms with van der Waals surface area (Å²) in [6.45, 7) is 8.41. The molecule has 0 heterocycles. The minimum Gasteiger partial charge on any atom is -0.302 e. The molecule has 0 radical (unpaired) electrons. The molecule has 0 spiro atoms. The van der Waals surface area contributed by atoms with Crippen LogP contribution in [0.4, 0.5) is 0 Å². The third-order valence-corrected chi connectivity index (χ3v) is 5.72. The summed E-state index contributed by atoms with van der Waals surface area (Å²) in [7, 11) is -1.44. The lowest BCUT2D eigenvalue weighted by Crippen LogP contribution is -2.23. The molecule has 5 heteroatoms. The van der Waals surface area contributed by atoms with Crippen LogP contribution in [0.25, 0.3) is 0 Å². The third-order valence-electron chi connectivity index (χ3n) is 4.31. The third kappa shape index (κ3) is 5.66. The summed E-state index contributed by atoms with van der Waals surface area (Å²) in [4.78, 5) is 2.51. The number of rotatable bonds is 8. The quantitative estimate of drug-likeness (QED) is 0.780. The highest BCUT2D eigenvalue weighted by molar-refractivity contribution is 7.89. The number of hydrogen-bond donors (Lipinski definition) is 1. The molecule has 25 heavy (non-hydrogen) atoms. The first kappa shape index (κ1) is 19.6. The predicted molar refractivity (Wildman–Crippen MR) is 103 cm³/mol. The zero-order valence-corrected chi connectivity index (χ0v) is 16.3. The Morgan fingerprint density at radius 3 is 2.28 bits per heavy atom. The van der Waals surface area contributed by atoms with E-state index in [9.17, 15) is 8.42 Å².